The fourth-order valence-electron chi connectivity index (χ4n) is 2.50. The molecule has 1 heterocycles. The summed E-state index contributed by atoms with van der Waals surface area (Å²) in [6.07, 6.45) is 15.5. The Morgan fingerprint density at radius 3 is 2.09 bits per heavy atom. The van der Waals surface area contributed by atoms with E-state index in [2.05, 4.69) is 27.1 Å². The van der Waals surface area contributed by atoms with Crippen LogP contribution in [-0.2, 0) is 6.42 Å². The summed E-state index contributed by atoms with van der Waals surface area (Å²) in [5, 5.41) is 8.86. The summed E-state index contributed by atoms with van der Waals surface area (Å²) in [5.41, 5.74) is 0.828. The zero-order chi connectivity index (χ0) is 16.8. The lowest BCUT2D eigenvalue weighted by atomic mass is 10.1. The van der Waals surface area contributed by atoms with E-state index >= 15 is 0 Å². The molecule has 0 aliphatic rings. The van der Waals surface area contributed by atoms with Crippen molar-refractivity contribution in [3.05, 3.63) is 17.0 Å². The van der Waals surface area contributed by atoms with Crippen LogP contribution in [0.1, 0.15) is 83.7 Å². The van der Waals surface area contributed by atoms with E-state index in [0.29, 0.717) is 10.8 Å². The van der Waals surface area contributed by atoms with Gasteiger partial charge in [0, 0.05) is 0 Å². The van der Waals surface area contributed by atoms with E-state index in [1.165, 1.54) is 64.1 Å². The molecule has 0 saturated carbocycles. The van der Waals surface area contributed by atoms with Gasteiger partial charge in [-0.2, -0.15) is 5.11 Å². The van der Waals surface area contributed by atoms with Crippen LogP contribution in [-0.4, -0.2) is 16.5 Å². The number of hydrogen-bond donors (Lipinski definition) is 0. The Morgan fingerprint density at radius 1 is 0.870 bits per heavy atom. The summed E-state index contributed by atoms with van der Waals surface area (Å²) in [6.45, 7) is 5.02. The number of aromatic nitrogens is 2. The van der Waals surface area contributed by atoms with Crippen LogP contribution in [0.5, 0.6) is 0 Å². The van der Waals surface area contributed by atoms with E-state index in [-0.39, 0.29) is 0 Å². The van der Waals surface area contributed by atoms with Crippen molar-refractivity contribution in [1.29, 1.82) is 0 Å². The highest BCUT2D eigenvalue weighted by molar-refractivity contribution is 6.33. The van der Waals surface area contributed by atoms with Crippen LogP contribution in [0.3, 0.4) is 0 Å². The minimum absolute atomic E-state index is 0.491. The second-order valence-electron chi connectivity index (χ2n) is 5.96. The van der Waals surface area contributed by atoms with Crippen LogP contribution >= 0.6 is 11.6 Å². The van der Waals surface area contributed by atoms with Gasteiger partial charge in [0.2, 0.25) is 0 Å². The number of nitrogens with zero attached hydrogens (tertiary/aromatic N) is 4. The first kappa shape index (κ1) is 20.0. The maximum Gasteiger partial charge on any atom is 0.196 e. The van der Waals surface area contributed by atoms with Crippen molar-refractivity contribution in [2.75, 3.05) is 6.54 Å². The molecule has 0 fully saturated rings. The van der Waals surface area contributed by atoms with Gasteiger partial charge < -0.3 is 0 Å². The average Bonchev–Trinajstić information content (AvgIpc) is 2.57. The molecule has 0 radical (unpaired) electrons. The predicted molar refractivity (Wildman–Crippen MR) is 97.6 cm³/mol. The molecule has 0 atom stereocenters. The van der Waals surface area contributed by atoms with Gasteiger partial charge in [-0.3, -0.25) is 0 Å². The average molecular weight is 339 g/mol. The molecular formula is C18H31ClN4. The standard InChI is InChI=1S/C18H31ClN4/c1-3-5-6-7-8-9-10-11-12-13-14-22-23-18-17(19)16(4-2)20-15-21-18/h15H,3-14H2,1-2H3. The molecule has 0 unspecified atom stereocenters. The van der Waals surface area contributed by atoms with Crippen molar-refractivity contribution < 1.29 is 0 Å². The SMILES string of the molecule is CCCCCCCCCCCCN=Nc1ncnc(CC)c1Cl. The van der Waals surface area contributed by atoms with Crippen LogP contribution in [0.2, 0.25) is 5.02 Å². The Bertz CT molecular complexity index is 449. The van der Waals surface area contributed by atoms with E-state index in [4.69, 9.17) is 11.6 Å². The van der Waals surface area contributed by atoms with E-state index < -0.39 is 0 Å². The number of aryl methyl sites for hydroxylation is 1. The molecule has 23 heavy (non-hydrogen) atoms. The van der Waals surface area contributed by atoms with Crippen molar-refractivity contribution >= 4 is 17.4 Å². The van der Waals surface area contributed by atoms with E-state index in [9.17, 15) is 0 Å². The Labute approximate surface area is 146 Å². The minimum atomic E-state index is 0.491. The molecule has 0 bridgehead atoms. The third-order valence-corrected chi connectivity index (χ3v) is 4.34. The maximum atomic E-state index is 6.17. The molecule has 5 heteroatoms. The van der Waals surface area contributed by atoms with Gasteiger partial charge in [0.1, 0.15) is 11.3 Å². The third-order valence-electron chi connectivity index (χ3n) is 3.96. The lowest BCUT2D eigenvalue weighted by molar-refractivity contribution is 0.557. The molecule has 0 aromatic carbocycles. The van der Waals surface area contributed by atoms with Crippen molar-refractivity contribution in [2.24, 2.45) is 10.2 Å². The summed E-state index contributed by atoms with van der Waals surface area (Å²) in [4.78, 5) is 8.19. The molecule has 4 nitrogen and oxygen atoms in total. The summed E-state index contributed by atoms with van der Waals surface area (Å²) in [6, 6.07) is 0. The van der Waals surface area contributed by atoms with E-state index in [1.807, 2.05) is 6.92 Å². The molecule has 1 aromatic heterocycles. The van der Waals surface area contributed by atoms with Gasteiger partial charge in [0.15, 0.2) is 5.82 Å². The van der Waals surface area contributed by atoms with Crippen LogP contribution in [0.4, 0.5) is 5.82 Å². The largest absolute Gasteiger partial charge is 0.240 e. The Kier molecular flexibility index (Phi) is 11.7. The van der Waals surface area contributed by atoms with Gasteiger partial charge in [-0.25, -0.2) is 9.97 Å². The first-order valence-electron chi connectivity index (χ1n) is 9.16. The van der Waals surface area contributed by atoms with E-state index in [1.54, 1.807) is 0 Å². The number of azo groups is 1. The molecule has 1 rings (SSSR count). The quantitative estimate of drug-likeness (QED) is 0.297. The number of rotatable bonds is 13. The normalized spacial score (nSPS) is 11.4. The lowest BCUT2D eigenvalue weighted by Crippen LogP contribution is -1.90. The topological polar surface area (TPSA) is 50.5 Å². The van der Waals surface area contributed by atoms with Gasteiger partial charge in [-0.05, 0) is 12.8 Å². The molecule has 0 saturated heterocycles. The fourth-order valence-corrected chi connectivity index (χ4v) is 2.77. The maximum absolute atomic E-state index is 6.17. The highest BCUT2D eigenvalue weighted by Crippen LogP contribution is 2.24. The summed E-state index contributed by atoms with van der Waals surface area (Å²) >= 11 is 6.17. The van der Waals surface area contributed by atoms with Gasteiger partial charge in [0.05, 0.1) is 12.2 Å². The van der Waals surface area contributed by atoms with Crippen molar-refractivity contribution in [3.8, 4) is 0 Å². The molecule has 130 valence electrons. The van der Waals surface area contributed by atoms with E-state index in [0.717, 1.165) is 25.1 Å². The van der Waals surface area contributed by atoms with Gasteiger partial charge in [0.25, 0.3) is 0 Å². The van der Waals surface area contributed by atoms with Crippen molar-refractivity contribution in [2.45, 2.75) is 84.5 Å². The first-order valence-corrected chi connectivity index (χ1v) is 9.54. The number of hydrogen-bond acceptors (Lipinski definition) is 4. The van der Waals surface area contributed by atoms with Crippen LogP contribution in [0.15, 0.2) is 16.6 Å². The Morgan fingerprint density at radius 2 is 1.48 bits per heavy atom. The highest BCUT2D eigenvalue weighted by Gasteiger charge is 2.06. The summed E-state index contributed by atoms with van der Waals surface area (Å²) in [5.74, 6) is 0.491. The highest BCUT2D eigenvalue weighted by atomic mass is 35.5. The smallest absolute Gasteiger partial charge is 0.196 e. The lowest BCUT2D eigenvalue weighted by Gasteiger charge is -2.01. The molecule has 0 N–H and O–H groups in total. The van der Waals surface area contributed by atoms with Gasteiger partial charge in [-0.15, -0.1) is 5.11 Å². The zero-order valence-electron chi connectivity index (χ0n) is 14.7. The van der Waals surface area contributed by atoms with Crippen molar-refractivity contribution in [1.82, 2.24) is 9.97 Å². The second kappa shape index (κ2) is 13.4. The van der Waals surface area contributed by atoms with Crippen molar-refractivity contribution in [3.63, 3.8) is 0 Å². The minimum Gasteiger partial charge on any atom is -0.240 e. The van der Waals surface area contributed by atoms with Crippen LogP contribution < -0.4 is 0 Å². The molecule has 1 aromatic rings. The molecule has 0 aliphatic heterocycles. The molecule has 0 spiro atoms. The molecular weight excluding hydrogens is 308 g/mol. The summed E-state index contributed by atoms with van der Waals surface area (Å²) < 4.78 is 0. The number of halogens is 1. The molecule has 0 amide bonds. The number of unbranched alkanes of at least 4 members (excludes halogenated alkanes) is 9. The second-order valence-corrected chi connectivity index (χ2v) is 6.34. The monoisotopic (exact) mass is 338 g/mol. The fraction of sp³-hybridized carbons (Fsp3) is 0.778. The summed E-state index contributed by atoms with van der Waals surface area (Å²) in [7, 11) is 0. The van der Waals surface area contributed by atoms with Crippen LogP contribution in [0.25, 0.3) is 0 Å². The zero-order valence-corrected chi connectivity index (χ0v) is 15.5. The third kappa shape index (κ3) is 8.99. The first-order chi connectivity index (χ1) is 11.3. The molecule has 0 aliphatic carbocycles. The van der Waals surface area contributed by atoms with Crippen LogP contribution in [0, 0.1) is 0 Å². The Hall–Kier alpha value is -1.03. The van der Waals surface area contributed by atoms with Gasteiger partial charge in [-0.1, -0.05) is 83.2 Å². The Balaban J connectivity index is 2.05. The predicted octanol–water partition coefficient (Wildman–Crippen LogP) is 6.70. The van der Waals surface area contributed by atoms with Gasteiger partial charge >= 0.3 is 0 Å².